The molecule has 2 saturated heterocycles. The maximum Gasteiger partial charge on any atom is 0.161 e. The average molecular weight is 658 g/mol. The Kier molecular flexibility index (Phi) is 25.9. The van der Waals surface area contributed by atoms with Crippen molar-refractivity contribution in [1.29, 1.82) is 0 Å². The number of ketones is 3. The predicted octanol–water partition coefficient (Wildman–Crippen LogP) is 4.31. The van der Waals surface area contributed by atoms with Crippen molar-refractivity contribution in [3.63, 3.8) is 0 Å². The highest BCUT2D eigenvalue weighted by molar-refractivity contribution is 8.00. The number of nitrogens with one attached hydrogen (secondary N) is 3. The van der Waals surface area contributed by atoms with Crippen LogP contribution in [0.25, 0.3) is 0 Å². The van der Waals surface area contributed by atoms with Crippen molar-refractivity contribution in [2.45, 2.75) is 171 Å². The normalized spacial score (nSPS) is 20.6. The molecule has 10 nitrogen and oxygen atoms in total. The van der Waals surface area contributed by atoms with Crippen LogP contribution in [0.5, 0.6) is 0 Å². The van der Waals surface area contributed by atoms with Crippen LogP contribution in [0.1, 0.15) is 141 Å². The van der Waals surface area contributed by atoms with E-state index < -0.39 is 12.6 Å². The molecule has 4 atom stereocenters. The summed E-state index contributed by atoms with van der Waals surface area (Å²) in [6, 6.07) is 0.813. The van der Waals surface area contributed by atoms with E-state index in [4.69, 9.17) is 15.0 Å². The van der Waals surface area contributed by atoms with Gasteiger partial charge >= 0.3 is 0 Å². The highest BCUT2D eigenvalue weighted by Gasteiger charge is 2.42. The van der Waals surface area contributed by atoms with E-state index in [9.17, 15) is 19.5 Å². The van der Waals surface area contributed by atoms with Crippen LogP contribution in [0.3, 0.4) is 0 Å². The van der Waals surface area contributed by atoms with Crippen molar-refractivity contribution in [2.75, 3.05) is 18.8 Å². The van der Waals surface area contributed by atoms with E-state index >= 15 is 0 Å². The first-order valence-electron chi connectivity index (χ1n) is 17.6. The largest absolute Gasteiger partial charge is 0.368 e. The molecule has 2 heterocycles. The van der Waals surface area contributed by atoms with Gasteiger partial charge in [0.2, 0.25) is 0 Å². The second-order valence-electron chi connectivity index (χ2n) is 12.6. The highest BCUT2D eigenvalue weighted by Crippen LogP contribution is 2.33. The van der Waals surface area contributed by atoms with E-state index in [0.29, 0.717) is 73.8 Å². The summed E-state index contributed by atoms with van der Waals surface area (Å²) in [5, 5.41) is 37.9. The Morgan fingerprint density at radius 1 is 0.667 bits per heavy atom. The fraction of sp³-hybridized carbons (Fsp3) is 0.882. The van der Waals surface area contributed by atoms with Crippen LogP contribution in [0.15, 0.2) is 0 Å². The summed E-state index contributed by atoms with van der Waals surface area (Å²) >= 11 is 2.02. The molecule has 0 radical (unpaired) electrons. The van der Waals surface area contributed by atoms with Crippen LogP contribution in [0.4, 0.5) is 0 Å². The molecule has 2 fully saturated rings. The van der Waals surface area contributed by atoms with E-state index in [-0.39, 0.29) is 5.78 Å². The van der Waals surface area contributed by atoms with Gasteiger partial charge in [-0.1, -0.05) is 32.1 Å². The molecule has 2 aliphatic heterocycles. The lowest BCUT2D eigenvalue weighted by Gasteiger charge is -2.17. The van der Waals surface area contributed by atoms with E-state index in [1.807, 2.05) is 18.6 Å². The molecule has 0 bridgehead atoms. The van der Waals surface area contributed by atoms with Gasteiger partial charge in [-0.05, 0) is 83.7 Å². The average Bonchev–Trinajstić information content (AvgIpc) is 3.57. The third-order valence-electron chi connectivity index (χ3n) is 8.69. The molecule has 0 aromatic rings. The molecule has 11 heteroatoms. The summed E-state index contributed by atoms with van der Waals surface area (Å²) in [6.45, 7) is 4.06. The van der Waals surface area contributed by atoms with Gasteiger partial charge in [0.25, 0.3) is 0 Å². The lowest BCUT2D eigenvalue weighted by Crippen LogP contribution is -2.38. The Hall–Kier alpha value is -1.21. The van der Waals surface area contributed by atoms with Gasteiger partial charge in [-0.15, -0.1) is 0 Å². The van der Waals surface area contributed by atoms with Crippen molar-refractivity contribution < 1.29 is 34.5 Å². The molecular weight excluding hydrogens is 594 g/mol. The summed E-state index contributed by atoms with van der Waals surface area (Å²) in [4.78, 5) is 44.1. The van der Waals surface area contributed by atoms with Crippen LogP contribution < -0.4 is 16.0 Å². The summed E-state index contributed by atoms with van der Waals surface area (Å²) < 4.78 is 0. The molecule has 0 amide bonds. The van der Waals surface area contributed by atoms with Crippen molar-refractivity contribution in [3.8, 4) is 0 Å². The maximum atomic E-state index is 12.2. The van der Waals surface area contributed by atoms with Gasteiger partial charge in [-0.2, -0.15) is 11.8 Å². The molecular formula is C34H63N3O7S. The van der Waals surface area contributed by atoms with E-state index in [2.05, 4.69) is 16.0 Å². The van der Waals surface area contributed by atoms with Gasteiger partial charge in [0.15, 0.2) is 12.6 Å². The summed E-state index contributed by atoms with van der Waals surface area (Å²) in [6.07, 6.45) is 16.6. The van der Waals surface area contributed by atoms with Crippen molar-refractivity contribution >= 4 is 35.9 Å². The van der Waals surface area contributed by atoms with E-state index in [1.165, 1.54) is 19.3 Å². The number of carbonyl (C=O) groups is 4. The molecule has 0 aromatic heterocycles. The number of aliphatic hydroxyl groups is 3. The Labute approximate surface area is 276 Å². The molecule has 0 aromatic carbocycles. The number of thioether (sulfide) groups is 1. The monoisotopic (exact) mass is 657 g/mol. The number of unbranched alkanes of at least 4 members (excludes halogenated alkanes) is 9. The van der Waals surface area contributed by atoms with Crippen LogP contribution in [0, 0.1) is 0 Å². The minimum absolute atomic E-state index is 0.263. The number of Topliss-reactive ketones (excluding diaryl/α,β-unsaturated/α-hetero) is 3. The Balaban J connectivity index is 0.00000496. The van der Waals surface area contributed by atoms with Gasteiger partial charge in [-0.3, -0.25) is 25.0 Å². The number of aliphatic hydroxyl groups excluding tert-OH is 2. The Morgan fingerprint density at radius 2 is 1.11 bits per heavy atom. The van der Waals surface area contributed by atoms with Crippen molar-refractivity contribution in [3.05, 3.63) is 0 Å². The fourth-order valence-corrected chi connectivity index (χ4v) is 7.64. The van der Waals surface area contributed by atoms with Gasteiger partial charge < -0.3 is 25.4 Å². The lowest BCUT2D eigenvalue weighted by molar-refractivity contribution is -0.120. The quantitative estimate of drug-likeness (QED) is 0.0502. The zero-order valence-electron chi connectivity index (χ0n) is 27.7. The molecule has 2 aliphatic rings. The highest BCUT2D eigenvalue weighted by atomic mass is 32.2. The minimum atomic E-state index is -1.25. The molecule has 262 valence electrons. The van der Waals surface area contributed by atoms with E-state index in [1.54, 1.807) is 0 Å². The number of hydrogen-bond donors (Lipinski definition) is 6. The molecule has 6 N–H and O–H groups in total. The van der Waals surface area contributed by atoms with Crippen LogP contribution in [-0.2, 0) is 19.2 Å². The van der Waals surface area contributed by atoms with Crippen LogP contribution in [-0.4, -0.2) is 88.3 Å². The van der Waals surface area contributed by atoms with Gasteiger partial charge in [0, 0.05) is 61.6 Å². The molecule has 45 heavy (non-hydrogen) atoms. The number of rotatable bonds is 29. The Bertz CT molecular complexity index is 789. The first-order chi connectivity index (χ1) is 21.8. The van der Waals surface area contributed by atoms with E-state index in [0.717, 1.165) is 95.9 Å². The fourth-order valence-electron chi connectivity index (χ4n) is 6.08. The lowest BCUT2D eigenvalue weighted by atomic mass is 10.0. The standard InChI is InChI=1S/C33H61N3O6S.CH2O/c37-26(15-5-1-7-17-27(38)19-9-3-11-22-31(40)41)16-6-2-8-18-28(39)20-10-4-13-23-34-24-14-12-21-30-32-29(25-43-30)35-33(42)36-32;1-2/h29-36,40-42H,1-25H2;1H2. The molecule has 4 unspecified atom stereocenters. The smallest absolute Gasteiger partial charge is 0.161 e. The Morgan fingerprint density at radius 3 is 1.60 bits per heavy atom. The van der Waals surface area contributed by atoms with Gasteiger partial charge in [0.05, 0.1) is 0 Å². The number of hydrogen-bond acceptors (Lipinski definition) is 11. The zero-order chi connectivity index (χ0) is 33.1. The molecule has 0 aliphatic carbocycles. The summed E-state index contributed by atoms with van der Waals surface area (Å²) in [5.41, 5.74) is 0. The maximum absolute atomic E-state index is 12.2. The third kappa shape index (κ3) is 22.1. The SMILES string of the molecule is C=O.O=C(CCCCCNCCCCC1SCC2NC(O)NC21)CCCCCC(=O)CCCCCC(=O)CCCCCC(O)O. The second-order valence-corrected chi connectivity index (χ2v) is 13.9. The minimum Gasteiger partial charge on any atom is -0.368 e. The van der Waals surface area contributed by atoms with Crippen molar-refractivity contribution in [2.24, 2.45) is 0 Å². The van der Waals surface area contributed by atoms with Crippen molar-refractivity contribution in [1.82, 2.24) is 16.0 Å². The molecule has 2 rings (SSSR count). The number of carbonyl (C=O) groups excluding carboxylic acids is 4. The molecule has 0 spiro atoms. The predicted molar refractivity (Wildman–Crippen MR) is 181 cm³/mol. The van der Waals surface area contributed by atoms with Gasteiger partial charge in [0.1, 0.15) is 24.1 Å². The topological polar surface area (TPSA) is 165 Å². The first kappa shape index (κ1) is 41.8. The van der Waals surface area contributed by atoms with Crippen LogP contribution in [0.2, 0.25) is 0 Å². The van der Waals surface area contributed by atoms with Crippen LogP contribution >= 0.6 is 11.8 Å². The summed E-state index contributed by atoms with van der Waals surface area (Å²) in [7, 11) is 0. The van der Waals surface area contributed by atoms with Gasteiger partial charge in [-0.25, -0.2) is 0 Å². The molecule has 0 saturated carbocycles. The second kappa shape index (κ2) is 27.9. The first-order valence-corrected chi connectivity index (χ1v) is 18.6. The number of fused-ring (bicyclic) bond motifs is 1. The summed E-state index contributed by atoms with van der Waals surface area (Å²) in [5.74, 6) is 1.99. The zero-order valence-corrected chi connectivity index (χ0v) is 28.5. The third-order valence-corrected chi connectivity index (χ3v) is 10.2.